The van der Waals surface area contributed by atoms with Crippen molar-refractivity contribution in [3.05, 3.63) is 64.1 Å². The first-order valence-corrected chi connectivity index (χ1v) is 12.0. The predicted octanol–water partition coefficient (Wildman–Crippen LogP) is 3.45. The van der Waals surface area contributed by atoms with Crippen molar-refractivity contribution in [2.24, 2.45) is 0 Å². The van der Waals surface area contributed by atoms with Crippen molar-refractivity contribution in [3.63, 3.8) is 0 Å². The molecule has 1 aliphatic carbocycles. The highest BCUT2D eigenvalue weighted by Gasteiger charge is 2.32. The molecule has 0 spiro atoms. The first kappa shape index (κ1) is 25.2. The second-order valence-electron chi connectivity index (χ2n) is 9.05. The van der Waals surface area contributed by atoms with E-state index >= 15 is 0 Å². The molecule has 2 aromatic rings. The Morgan fingerprint density at radius 2 is 1.75 bits per heavy atom. The summed E-state index contributed by atoms with van der Waals surface area (Å²) in [6, 6.07) is 9.98. The summed E-state index contributed by atoms with van der Waals surface area (Å²) in [5.41, 5.74) is 0.380. The van der Waals surface area contributed by atoms with E-state index in [-0.39, 0.29) is 48.0 Å². The van der Waals surface area contributed by atoms with E-state index in [4.69, 9.17) is 4.74 Å². The summed E-state index contributed by atoms with van der Waals surface area (Å²) in [7, 11) is 0. The fourth-order valence-corrected chi connectivity index (χ4v) is 4.35. The largest absolute Gasteiger partial charge is 0.442 e. The molecule has 0 bridgehead atoms. The van der Waals surface area contributed by atoms with Crippen LogP contribution in [0.3, 0.4) is 0 Å². The average molecular weight is 497 g/mol. The van der Waals surface area contributed by atoms with Crippen LogP contribution >= 0.6 is 0 Å². The van der Waals surface area contributed by atoms with Crippen LogP contribution in [-0.2, 0) is 9.53 Å². The molecule has 1 aliphatic heterocycles. The van der Waals surface area contributed by atoms with Gasteiger partial charge in [-0.05, 0) is 55.3 Å². The number of halogens is 1. The van der Waals surface area contributed by atoms with Gasteiger partial charge in [0.25, 0.3) is 5.91 Å². The van der Waals surface area contributed by atoms with Crippen LogP contribution in [0.4, 0.5) is 26.2 Å². The lowest BCUT2D eigenvalue weighted by Crippen LogP contribution is -2.36. The molecule has 2 fully saturated rings. The molecule has 3 amide bonds. The summed E-state index contributed by atoms with van der Waals surface area (Å²) in [4.78, 5) is 49.7. The van der Waals surface area contributed by atoms with E-state index in [0.717, 1.165) is 25.7 Å². The van der Waals surface area contributed by atoms with Crippen molar-refractivity contribution < 1.29 is 23.5 Å². The number of nitrogens with zero attached hydrogens (tertiary/aromatic N) is 1. The second-order valence-corrected chi connectivity index (χ2v) is 9.05. The number of carbonyl (C=O) groups is 3. The molecule has 0 radical (unpaired) electrons. The maximum absolute atomic E-state index is 14.9. The number of hydrogen-bond donors (Lipinski definition) is 3. The van der Waals surface area contributed by atoms with Gasteiger partial charge in [-0.1, -0.05) is 19.3 Å². The molecule has 1 saturated heterocycles. The molecule has 0 unspecified atom stereocenters. The number of hydrogen-bond acceptors (Lipinski definition) is 6. The predicted molar refractivity (Wildman–Crippen MR) is 133 cm³/mol. The van der Waals surface area contributed by atoms with Crippen molar-refractivity contribution in [3.8, 4) is 0 Å². The first-order valence-electron chi connectivity index (χ1n) is 12.0. The lowest BCUT2D eigenvalue weighted by molar-refractivity contribution is -0.119. The molecule has 2 aromatic carbocycles. The Bertz CT molecular complexity index is 1210. The van der Waals surface area contributed by atoms with Gasteiger partial charge in [-0.2, -0.15) is 0 Å². The third-order valence-corrected chi connectivity index (χ3v) is 6.30. The number of benzene rings is 1. The molecule has 2 aliphatic rings. The number of ether oxygens (including phenoxy) is 1. The average Bonchev–Trinajstić information content (AvgIpc) is 3.13. The minimum absolute atomic E-state index is 0.0395. The highest BCUT2D eigenvalue weighted by atomic mass is 19.1. The van der Waals surface area contributed by atoms with Crippen LogP contribution in [0, 0.1) is 5.82 Å². The molecule has 1 atom stereocenters. The Labute approximate surface area is 208 Å². The van der Waals surface area contributed by atoms with E-state index in [9.17, 15) is 23.6 Å². The monoisotopic (exact) mass is 496 g/mol. The third-order valence-electron chi connectivity index (χ3n) is 6.30. The summed E-state index contributed by atoms with van der Waals surface area (Å²) in [5.74, 6) is -1.16. The normalized spacial score (nSPS) is 17.9. The van der Waals surface area contributed by atoms with Crippen LogP contribution in [0.25, 0.3) is 0 Å². The zero-order valence-electron chi connectivity index (χ0n) is 20.0. The Balaban J connectivity index is 1.44. The quantitative estimate of drug-likeness (QED) is 0.541. The molecular weight excluding hydrogens is 467 g/mol. The van der Waals surface area contributed by atoms with Crippen molar-refractivity contribution >= 4 is 35.0 Å². The zero-order chi connectivity index (χ0) is 25.7. The van der Waals surface area contributed by atoms with Gasteiger partial charge in [-0.3, -0.25) is 19.3 Å². The van der Waals surface area contributed by atoms with Gasteiger partial charge >= 0.3 is 6.09 Å². The molecule has 0 aromatic heterocycles. The van der Waals surface area contributed by atoms with Gasteiger partial charge < -0.3 is 20.7 Å². The highest BCUT2D eigenvalue weighted by Crippen LogP contribution is 2.27. The number of anilines is 3. The number of rotatable bonds is 7. The number of carbonyl (C=O) groups excluding carboxylic acids is 3. The van der Waals surface area contributed by atoms with E-state index in [0.29, 0.717) is 5.56 Å². The van der Waals surface area contributed by atoms with Crippen molar-refractivity contribution in [1.29, 1.82) is 0 Å². The fourth-order valence-electron chi connectivity index (χ4n) is 4.35. The van der Waals surface area contributed by atoms with Crippen LogP contribution in [0.15, 0.2) is 47.3 Å². The van der Waals surface area contributed by atoms with Gasteiger partial charge in [0.15, 0.2) is 0 Å². The molecule has 3 N–H and O–H groups in total. The minimum Gasteiger partial charge on any atom is -0.442 e. The second kappa shape index (κ2) is 11.2. The van der Waals surface area contributed by atoms with Crippen LogP contribution < -0.4 is 26.3 Å². The highest BCUT2D eigenvalue weighted by molar-refractivity contribution is 5.94. The van der Waals surface area contributed by atoms with Gasteiger partial charge in [0.05, 0.1) is 30.2 Å². The zero-order valence-corrected chi connectivity index (χ0v) is 20.0. The van der Waals surface area contributed by atoms with Crippen LogP contribution in [0.1, 0.15) is 49.4 Å². The molecular formula is C26H29FN4O5. The molecule has 190 valence electrons. The summed E-state index contributed by atoms with van der Waals surface area (Å²) in [6.45, 7) is 1.69. The lowest BCUT2D eigenvalue weighted by atomic mass is 9.95. The summed E-state index contributed by atoms with van der Waals surface area (Å²) in [6.07, 6.45) is 4.08. The number of nitrogens with one attached hydrogen (secondary N) is 3. The maximum atomic E-state index is 14.9. The smallest absolute Gasteiger partial charge is 0.414 e. The number of amides is 3. The summed E-state index contributed by atoms with van der Waals surface area (Å²) < 4.78 is 20.1. The van der Waals surface area contributed by atoms with Gasteiger partial charge in [0, 0.05) is 18.5 Å². The topological polar surface area (TPSA) is 117 Å². The van der Waals surface area contributed by atoms with Crippen LogP contribution in [0.5, 0.6) is 0 Å². The maximum Gasteiger partial charge on any atom is 0.414 e. The summed E-state index contributed by atoms with van der Waals surface area (Å²) in [5, 5.41) is 8.38. The van der Waals surface area contributed by atoms with Gasteiger partial charge in [-0.15, -0.1) is 0 Å². The van der Waals surface area contributed by atoms with E-state index in [1.807, 2.05) is 0 Å². The molecule has 9 nitrogen and oxygen atoms in total. The van der Waals surface area contributed by atoms with Crippen molar-refractivity contribution in [2.45, 2.75) is 51.2 Å². The van der Waals surface area contributed by atoms with E-state index in [2.05, 4.69) is 16.0 Å². The van der Waals surface area contributed by atoms with E-state index in [1.165, 1.54) is 60.7 Å². The third kappa shape index (κ3) is 6.18. The van der Waals surface area contributed by atoms with Gasteiger partial charge in [0.1, 0.15) is 11.9 Å². The van der Waals surface area contributed by atoms with Gasteiger partial charge in [-0.25, -0.2) is 9.18 Å². The standard InChI is InChI=1S/C26H29FN4O5/c1-16(32)28-14-20-15-31(26(35)36-20)19-9-11-22(21(27)13-19)30-23-10-7-17(8-12-24(23)33)25(34)29-18-5-3-2-4-6-18/h7-13,18,20H,2-6,14-15H2,1H3,(H,28,32)(H,29,34)(H,30,33)/t20-/m0/s1. The Hall–Kier alpha value is -3.95. The molecule has 36 heavy (non-hydrogen) atoms. The molecule has 10 heteroatoms. The Morgan fingerprint density at radius 1 is 1.03 bits per heavy atom. The van der Waals surface area contributed by atoms with Crippen molar-refractivity contribution in [1.82, 2.24) is 10.6 Å². The van der Waals surface area contributed by atoms with E-state index in [1.54, 1.807) is 0 Å². The SMILES string of the molecule is CC(=O)NC[C@H]1CN(c2ccc(Nc3ccc(C(=O)NC4CCCCC4)ccc3=O)c(F)c2)C(=O)O1. The molecule has 1 heterocycles. The lowest BCUT2D eigenvalue weighted by Gasteiger charge is -2.22. The summed E-state index contributed by atoms with van der Waals surface area (Å²) >= 11 is 0. The van der Waals surface area contributed by atoms with Crippen LogP contribution in [-0.4, -0.2) is 43.1 Å². The minimum atomic E-state index is -0.674. The first-order chi connectivity index (χ1) is 17.3. The van der Waals surface area contributed by atoms with Crippen molar-refractivity contribution in [2.75, 3.05) is 23.3 Å². The Kier molecular flexibility index (Phi) is 7.82. The Morgan fingerprint density at radius 3 is 2.47 bits per heavy atom. The molecule has 1 saturated carbocycles. The molecule has 4 rings (SSSR count). The fraction of sp³-hybridized carbons (Fsp3) is 0.385. The van der Waals surface area contributed by atoms with E-state index < -0.39 is 23.4 Å². The van der Waals surface area contributed by atoms with Crippen LogP contribution in [0.2, 0.25) is 0 Å². The van der Waals surface area contributed by atoms with Gasteiger partial charge in [0.2, 0.25) is 11.3 Å². The number of cyclic esters (lactones) is 1.